The van der Waals surface area contributed by atoms with Crippen molar-refractivity contribution >= 4 is 35.2 Å². The molecule has 0 spiro atoms. The van der Waals surface area contributed by atoms with Crippen molar-refractivity contribution < 1.29 is 14.4 Å². The normalized spacial score (nSPS) is 20.2. The van der Waals surface area contributed by atoms with Crippen LogP contribution in [0.5, 0.6) is 0 Å². The summed E-state index contributed by atoms with van der Waals surface area (Å²) in [5.74, 6) is 1.27. The van der Waals surface area contributed by atoms with Crippen molar-refractivity contribution in [2.75, 3.05) is 43.4 Å². The maximum absolute atomic E-state index is 12.8. The lowest BCUT2D eigenvalue weighted by Crippen LogP contribution is -2.45. The van der Waals surface area contributed by atoms with Crippen LogP contribution in [0.1, 0.15) is 51.4 Å². The molecule has 3 amide bonds. The molecule has 0 N–H and O–H groups in total. The number of fused-ring (bicyclic) bond motifs is 1. The fourth-order valence-corrected chi connectivity index (χ4v) is 5.86. The summed E-state index contributed by atoms with van der Waals surface area (Å²) in [6, 6.07) is 7.97. The zero-order chi connectivity index (χ0) is 21.6. The number of piperidine rings is 1. The van der Waals surface area contributed by atoms with Gasteiger partial charge in [0.2, 0.25) is 17.7 Å². The Morgan fingerprint density at radius 1 is 0.806 bits per heavy atom. The second-order valence-corrected chi connectivity index (χ2v) is 9.89. The van der Waals surface area contributed by atoms with Crippen LogP contribution in [-0.4, -0.2) is 66.0 Å². The minimum Gasteiger partial charge on any atom is -0.343 e. The van der Waals surface area contributed by atoms with Crippen LogP contribution < -0.4 is 4.90 Å². The van der Waals surface area contributed by atoms with Crippen molar-refractivity contribution in [3.05, 3.63) is 24.3 Å². The van der Waals surface area contributed by atoms with Crippen molar-refractivity contribution in [2.45, 2.75) is 56.3 Å². The first kappa shape index (κ1) is 22.2. The molecule has 0 unspecified atom stereocenters. The number of rotatable bonds is 4. The quantitative estimate of drug-likeness (QED) is 0.714. The molecule has 3 heterocycles. The van der Waals surface area contributed by atoms with E-state index in [4.69, 9.17) is 0 Å². The van der Waals surface area contributed by atoms with Crippen LogP contribution in [0.2, 0.25) is 0 Å². The Hall–Kier alpha value is -2.02. The fraction of sp³-hybridized carbons (Fsp3) is 0.625. The number of carbonyl (C=O) groups is 3. The van der Waals surface area contributed by atoms with Gasteiger partial charge in [-0.25, -0.2) is 0 Å². The smallest absolute Gasteiger partial charge is 0.227 e. The summed E-state index contributed by atoms with van der Waals surface area (Å²) in [6.45, 7) is 3.72. The number of amides is 3. The number of hydrogen-bond acceptors (Lipinski definition) is 4. The van der Waals surface area contributed by atoms with E-state index in [-0.39, 0.29) is 36.5 Å². The molecule has 168 valence electrons. The summed E-state index contributed by atoms with van der Waals surface area (Å²) in [5, 5.41) is 0. The predicted octanol–water partition coefficient (Wildman–Crippen LogP) is 3.55. The molecule has 0 atom stereocenters. The van der Waals surface area contributed by atoms with Crippen LogP contribution in [0.25, 0.3) is 0 Å². The van der Waals surface area contributed by atoms with Crippen molar-refractivity contribution in [3.8, 4) is 0 Å². The molecule has 1 aromatic rings. The van der Waals surface area contributed by atoms with Gasteiger partial charge in [-0.05, 0) is 37.8 Å². The van der Waals surface area contributed by atoms with Gasteiger partial charge in [0.25, 0.3) is 0 Å². The molecule has 2 fully saturated rings. The van der Waals surface area contributed by atoms with Crippen LogP contribution >= 0.6 is 11.8 Å². The number of para-hydroxylation sites is 1. The van der Waals surface area contributed by atoms with Crippen LogP contribution in [0.15, 0.2) is 29.2 Å². The first-order chi connectivity index (χ1) is 15.1. The molecule has 0 radical (unpaired) electrons. The molecule has 6 nitrogen and oxygen atoms in total. The molecule has 0 aliphatic carbocycles. The minimum absolute atomic E-state index is 0.0207. The number of carbonyl (C=O) groups excluding carboxylic acids is 3. The predicted molar refractivity (Wildman–Crippen MR) is 123 cm³/mol. The Morgan fingerprint density at radius 2 is 1.48 bits per heavy atom. The molecule has 31 heavy (non-hydrogen) atoms. The van der Waals surface area contributed by atoms with Crippen LogP contribution in [-0.2, 0) is 14.4 Å². The summed E-state index contributed by atoms with van der Waals surface area (Å²) in [5.41, 5.74) is 0.962. The van der Waals surface area contributed by atoms with Gasteiger partial charge in [0, 0.05) is 62.1 Å². The lowest BCUT2D eigenvalue weighted by atomic mass is 9.94. The van der Waals surface area contributed by atoms with E-state index in [9.17, 15) is 14.4 Å². The standard InChI is InChI=1S/C24H33N3O3S/c28-22(9-10-23(29)27-17-18-31-21-8-4-3-7-20(21)27)25-15-11-19(12-16-25)24(30)26-13-5-1-2-6-14-26/h3-4,7-8,19H,1-2,5-6,9-18H2. The van der Waals surface area contributed by atoms with E-state index in [0.29, 0.717) is 19.6 Å². The van der Waals surface area contributed by atoms with E-state index in [1.54, 1.807) is 11.8 Å². The largest absolute Gasteiger partial charge is 0.343 e. The highest BCUT2D eigenvalue weighted by atomic mass is 32.2. The van der Waals surface area contributed by atoms with Crippen molar-refractivity contribution in [1.82, 2.24) is 9.80 Å². The third-order valence-electron chi connectivity index (χ3n) is 6.70. The second-order valence-electron chi connectivity index (χ2n) is 8.76. The second kappa shape index (κ2) is 10.5. The first-order valence-electron chi connectivity index (χ1n) is 11.7. The summed E-state index contributed by atoms with van der Waals surface area (Å²) in [7, 11) is 0. The zero-order valence-corrected chi connectivity index (χ0v) is 19.1. The third kappa shape index (κ3) is 5.43. The van der Waals surface area contributed by atoms with Gasteiger partial charge in [0.15, 0.2) is 0 Å². The summed E-state index contributed by atoms with van der Waals surface area (Å²) < 4.78 is 0. The van der Waals surface area contributed by atoms with Crippen molar-refractivity contribution in [1.29, 1.82) is 0 Å². The molecule has 7 heteroatoms. The molecule has 0 aromatic heterocycles. The molecule has 0 saturated carbocycles. The van der Waals surface area contributed by atoms with Gasteiger partial charge in [-0.3, -0.25) is 14.4 Å². The molecule has 3 aliphatic rings. The number of benzene rings is 1. The molecule has 1 aromatic carbocycles. The molecule has 3 aliphatic heterocycles. The van der Waals surface area contributed by atoms with Gasteiger partial charge in [-0.2, -0.15) is 0 Å². The SMILES string of the molecule is O=C(CCC(=O)N1CCSc2ccccc21)N1CCC(C(=O)N2CCCCCC2)CC1. The summed E-state index contributed by atoms with van der Waals surface area (Å²) in [6.07, 6.45) is 6.63. The van der Waals surface area contributed by atoms with Crippen molar-refractivity contribution in [3.63, 3.8) is 0 Å². The Labute approximate surface area is 189 Å². The maximum Gasteiger partial charge on any atom is 0.227 e. The van der Waals surface area contributed by atoms with E-state index in [0.717, 1.165) is 55.1 Å². The Bertz CT molecular complexity index is 799. The molecular weight excluding hydrogens is 410 g/mol. The van der Waals surface area contributed by atoms with Gasteiger partial charge < -0.3 is 14.7 Å². The number of nitrogens with zero attached hydrogens (tertiary/aromatic N) is 3. The average Bonchev–Trinajstić information content (AvgIpc) is 3.11. The lowest BCUT2D eigenvalue weighted by molar-refractivity contribution is -0.141. The molecule has 2 saturated heterocycles. The van der Waals surface area contributed by atoms with E-state index in [1.165, 1.54) is 12.8 Å². The third-order valence-corrected chi connectivity index (χ3v) is 7.74. The Kier molecular flexibility index (Phi) is 7.54. The monoisotopic (exact) mass is 443 g/mol. The van der Waals surface area contributed by atoms with Gasteiger partial charge in [0.1, 0.15) is 0 Å². The summed E-state index contributed by atoms with van der Waals surface area (Å²) in [4.78, 5) is 45.2. The highest BCUT2D eigenvalue weighted by Crippen LogP contribution is 2.34. The minimum atomic E-state index is 0.0207. The fourth-order valence-electron chi connectivity index (χ4n) is 4.86. The van der Waals surface area contributed by atoms with Gasteiger partial charge in [-0.15, -0.1) is 11.8 Å². The topological polar surface area (TPSA) is 60.9 Å². The van der Waals surface area contributed by atoms with Crippen LogP contribution in [0.4, 0.5) is 5.69 Å². The van der Waals surface area contributed by atoms with Gasteiger partial charge in [0.05, 0.1) is 5.69 Å². The Balaban J connectivity index is 1.23. The number of anilines is 1. The van der Waals surface area contributed by atoms with Crippen LogP contribution in [0, 0.1) is 5.92 Å². The highest BCUT2D eigenvalue weighted by Gasteiger charge is 2.31. The lowest BCUT2D eigenvalue weighted by Gasteiger charge is -2.34. The number of likely N-dealkylation sites (tertiary alicyclic amines) is 2. The van der Waals surface area contributed by atoms with E-state index < -0.39 is 0 Å². The maximum atomic E-state index is 12.8. The Morgan fingerprint density at radius 3 is 2.23 bits per heavy atom. The number of thioether (sulfide) groups is 1. The van der Waals surface area contributed by atoms with E-state index in [1.807, 2.05) is 39.0 Å². The number of hydrogen-bond donors (Lipinski definition) is 0. The van der Waals surface area contributed by atoms with Gasteiger partial charge in [-0.1, -0.05) is 25.0 Å². The van der Waals surface area contributed by atoms with E-state index >= 15 is 0 Å². The first-order valence-corrected chi connectivity index (χ1v) is 12.7. The van der Waals surface area contributed by atoms with E-state index in [2.05, 4.69) is 0 Å². The van der Waals surface area contributed by atoms with Gasteiger partial charge >= 0.3 is 0 Å². The molecular formula is C24H33N3O3S. The summed E-state index contributed by atoms with van der Waals surface area (Å²) >= 11 is 1.77. The molecule has 0 bridgehead atoms. The molecule has 4 rings (SSSR count). The zero-order valence-electron chi connectivity index (χ0n) is 18.3. The highest BCUT2D eigenvalue weighted by molar-refractivity contribution is 7.99. The average molecular weight is 444 g/mol. The van der Waals surface area contributed by atoms with Crippen LogP contribution in [0.3, 0.4) is 0 Å². The van der Waals surface area contributed by atoms with Crippen molar-refractivity contribution in [2.24, 2.45) is 5.92 Å².